The smallest absolute Gasteiger partial charge is 0.330 e. The molecule has 0 spiro atoms. The topological polar surface area (TPSA) is 52.4 Å². The maximum Gasteiger partial charge on any atom is 0.330 e. The second-order valence-corrected chi connectivity index (χ2v) is 3.42. The Bertz CT molecular complexity index is 455. The number of hydrogen-bond donors (Lipinski definition) is 0. The molecule has 4 nitrogen and oxygen atoms in total. The second kappa shape index (κ2) is 4.99. The molecule has 0 fully saturated rings. The fourth-order valence-corrected chi connectivity index (χ4v) is 1.58. The third kappa shape index (κ3) is 2.14. The zero-order valence-electron chi connectivity index (χ0n) is 7.27. The van der Waals surface area contributed by atoms with Gasteiger partial charge in [-0.2, -0.15) is 4.39 Å². The summed E-state index contributed by atoms with van der Waals surface area (Å²) in [6.45, 7) is 0. The standard InChI is InChI=1S/C7H2Cl3F2NO3/c8-1-16-7-3(10)4(11)2(9)6(5(7)12)13(14)15/h1H2. The van der Waals surface area contributed by atoms with Crippen molar-refractivity contribution in [1.82, 2.24) is 0 Å². The molecule has 0 radical (unpaired) electrons. The summed E-state index contributed by atoms with van der Waals surface area (Å²) < 4.78 is 31.2. The van der Waals surface area contributed by atoms with Gasteiger partial charge in [0, 0.05) is 0 Å². The van der Waals surface area contributed by atoms with E-state index in [-0.39, 0.29) is 0 Å². The van der Waals surface area contributed by atoms with Crippen LogP contribution in [0.4, 0.5) is 14.5 Å². The predicted molar refractivity (Wildman–Crippen MR) is 54.4 cm³/mol. The van der Waals surface area contributed by atoms with E-state index < -0.39 is 44.1 Å². The monoisotopic (exact) mass is 291 g/mol. The van der Waals surface area contributed by atoms with E-state index in [1.165, 1.54) is 0 Å². The Morgan fingerprint density at radius 3 is 2.25 bits per heavy atom. The normalized spacial score (nSPS) is 10.3. The maximum absolute atomic E-state index is 13.5. The first-order chi connectivity index (χ1) is 7.41. The minimum Gasteiger partial charge on any atom is -0.473 e. The fraction of sp³-hybridized carbons (Fsp3) is 0.143. The molecular weight excluding hydrogens is 290 g/mol. The average Bonchev–Trinajstić information content (AvgIpc) is 2.21. The van der Waals surface area contributed by atoms with E-state index >= 15 is 0 Å². The average molecular weight is 292 g/mol. The number of benzene rings is 1. The Kier molecular flexibility index (Phi) is 4.12. The van der Waals surface area contributed by atoms with E-state index in [4.69, 9.17) is 34.8 Å². The number of ether oxygens (including phenoxy) is 1. The molecule has 0 aliphatic heterocycles. The predicted octanol–water partition coefficient (Wildman–Crippen LogP) is 3.75. The molecular formula is C7H2Cl3F2NO3. The van der Waals surface area contributed by atoms with Crippen LogP contribution in [-0.4, -0.2) is 11.0 Å². The Balaban J connectivity index is 3.58. The first-order valence-electron chi connectivity index (χ1n) is 3.60. The number of nitro benzene ring substituents is 1. The quantitative estimate of drug-likeness (QED) is 0.280. The van der Waals surface area contributed by atoms with Crippen molar-refractivity contribution < 1.29 is 18.4 Å². The van der Waals surface area contributed by atoms with Crippen LogP contribution in [0.5, 0.6) is 5.75 Å². The number of nitrogens with zero attached hydrogens (tertiary/aromatic N) is 1. The number of halogens is 5. The van der Waals surface area contributed by atoms with E-state index in [1.54, 1.807) is 0 Å². The lowest BCUT2D eigenvalue weighted by Gasteiger charge is -2.08. The first kappa shape index (κ1) is 13.2. The summed E-state index contributed by atoms with van der Waals surface area (Å²) in [5.74, 6) is -3.65. The van der Waals surface area contributed by atoms with Crippen LogP contribution in [0, 0.1) is 21.7 Å². The number of alkyl halides is 1. The number of rotatable bonds is 3. The van der Waals surface area contributed by atoms with Gasteiger partial charge in [0.05, 0.1) is 4.92 Å². The largest absolute Gasteiger partial charge is 0.473 e. The highest BCUT2D eigenvalue weighted by atomic mass is 35.5. The van der Waals surface area contributed by atoms with E-state index in [2.05, 4.69) is 4.74 Å². The molecule has 0 unspecified atom stereocenters. The van der Waals surface area contributed by atoms with Gasteiger partial charge in [-0.25, -0.2) is 4.39 Å². The highest BCUT2D eigenvalue weighted by Crippen LogP contribution is 2.42. The van der Waals surface area contributed by atoms with Crippen LogP contribution in [-0.2, 0) is 0 Å². The molecule has 16 heavy (non-hydrogen) atoms. The van der Waals surface area contributed by atoms with Gasteiger partial charge in [0.15, 0.2) is 22.7 Å². The van der Waals surface area contributed by atoms with E-state index in [0.29, 0.717) is 0 Å². The van der Waals surface area contributed by atoms with Gasteiger partial charge >= 0.3 is 5.69 Å². The molecule has 1 aromatic carbocycles. The third-order valence-electron chi connectivity index (χ3n) is 1.58. The SMILES string of the molecule is O=[N+]([O-])c1c(F)c(OCCl)c(Cl)c(F)c1Cl. The molecule has 0 N–H and O–H groups in total. The van der Waals surface area contributed by atoms with Crippen LogP contribution in [0.25, 0.3) is 0 Å². The van der Waals surface area contributed by atoms with Crippen LogP contribution in [0.15, 0.2) is 0 Å². The number of hydrogen-bond acceptors (Lipinski definition) is 3. The molecule has 88 valence electrons. The molecule has 1 aromatic rings. The van der Waals surface area contributed by atoms with Crippen LogP contribution in [0.1, 0.15) is 0 Å². The molecule has 9 heteroatoms. The van der Waals surface area contributed by atoms with Gasteiger partial charge in [0.2, 0.25) is 5.82 Å². The van der Waals surface area contributed by atoms with Crippen molar-refractivity contribution in [3.63, 3.8) is 0 Å². The van der Waals surface area contributed by atoms with Gasteiger partial charge in [-0.15, -0.1) is 0 Å². The molecule has 1 rings (SSSR count). The molecule has 0 saturated carbocycles. The van der Waals surface area contributed by atoms with Crippen LogP contribution in [0.2, 0.25) is 10.0 Å². The molecule has 0 aliphatic rings. The van der Waals surface area contributed by atoms with Gasteiger partial charge < -0.3 is 4.74 Å². The molecule has 0 saturated heterocycles. The summed E-state index contributed by atoms with van der Waals surface area (Å²) in [5, 5.41) is 8.63. The van der Waals surface area contributed by atoms with Crippen molar-refractivity contribution in [1.29, 1.82) is 0 Å². The van der Waals surface area contributed by atoms with E-state index in [0.717, 1.165) is 0 Å². The first-order valence-corrected chi connectivity index (χ1v) is 4.90. The Labute approximate surface area is 103 Å². The zero-order chi connectivity index (χ0) is 12.5. The highest BCUT2D eigenvalue weighted by molar-refractivity contribution is 6.37. The molecule has 0 aliphatic carbocycles. The lowest BCUT2D eigenvalue weighted by molar-refractivity contribution is -0.387. The van der Waals surface area contributed by atoms with Crippen molar-refractivity contribution in [3.05, 3.63) is 31.8 Å². The van der Waals surface area contributed by atoms with Crippen molar-refractivity contribution in [2.75, 3.05) is 6.07 Å². The van der Waals surface area contributed by atoms with Crippen LogP contribution in [0.3, 0.4) is 0 Å². The van der Waals surface area contributed by atoms with Crippen LogP contribution >= 0.6 is 34.8 Å². The van der Waals surface area contributed by atoms with Gasteiger partial charge in [0.1, 0.15) is 5.02 Å². The summed E-state index contributed by atoms with van der Waals surface area (Å²) in [4.78, 5) is 9.26. The fourth-order valence-electron chi connectivity index (χ4n) is 0.942. The zero-order valence-corrected chi connectivity index (χ0v) is 9.54. The minimum atomic E-state index is -1.47. The number of nitro groups is 1. The van der Waals surface area contributed by atoms with Crippen LogP contribution < -0.4 is 4.74 Å². The summed E-state index contributed by atoms with van der Waals surface area (Å²) >= 11 is 15.7. The van der Waals surface area contributed by atoms with Gasteiger partial charge in [0.25, 0.3) is 0 Å². The second-order valence-electron chi connectivity index (χ2n) is 2.44. The Hall–Kier alpha value is -0.850. The van der Waals surface area contributed by atoms with Gasteiger partial charge in [-0.05, 0) is 0 Å². The summed E-state index contributed by atoms with van der Waals surface area (Å²) in [6, 6.07) is -0.547. The summed E-state index contributed by atoms with van der Waals surface area (Å²) in [5.41, 5.74) is -1.25. The van der Waals surface area contributed by atoms with E-state index in [9.17, 15) is 18.9 Å². The molecule has 0 bridgehead atoms. The molecule has 0 amide bonds. The van der Waals surface area contributed by atoms with Crippen molar-refractivity contribution in [2.24, 2.45) is 0 Å². The van der Waals surface area contributed by atoms with Crippen molar-refractivity contribution in [3.8, 4) is 5.75 Å². The lowest BCUT2D eigenvalue weighted by atomic mass is 10.2. The maximum atomic E-state index is 13.5. The molecule has 0 heterocycles. The molecule has 0 aromatic heterocycles. The summed E-state index contributed by atoms with van der Waals surface area (Å²) in [6.07, 6.45) is 0. The Morgan fingerprint density at radius 1 is 1.25 bits per heavy atom. The Morgan fingerprint density at radius 2 is 1.81 bits per heavy atom. The van der Waals surface area contributed by atoms with Gasteiger partial charge in [-0.1, -0.05) is 34.8 Å². The molecule has 0 atom stereocenters. The summed E-state index contributed by atoms with van der Waals surface area (Å²) in [7, 11) is 0. The van der Waals surface area contributed by atoms with E-state index in [1.807, 2.05) is 0 Å². The van der Waals surface area contributed by atoms with Gasteiger partial charge in [-0.3, -0.25) is 10.1 Å². The minimum absolute atomic E-state index is 0.547. The van der Waals surface area contributed by atoms with Crippen molar-refractivity contribution in [2.45, 2.75) is 0 Å². The lowest BCUT2D eigenvalue weighted by Crippen LogP contribution is -2.02. The van der Waals surface area contributed by atoms with Crippen molar-refractivity contribution >= 4 is 40.5 Å². The third-order valence-corrected chi connectivity index (χ3v) is 2.37. The highest BCUT2D eigenvalue weighted by Gasteiger charge is 2.31.